The fraction of sp³-hybridized carbons (Fsp3) is 0.800. The van der Waals surface area contributed by atoms with E-state index in [0.717, 1.165) is 13.1 Å². The van der Waals surface area contributed by atoms with Crippen molar-refractivity contribution < 1.29 is 0 Å². The van der Waals surface area contributed by atoms with Crippen molar-refractivity contribution in [1.82, 2.24) is 4.57 Å². The molecule has 0 spiro atoms. The number of nitrogens with zero attached hydrogens (tertiary/aromatic N) is 1. The molecule has 0 radical (unpaired) electrons. The zero-order valence-electron chi connectivity index (χ0n) is 9.47. The normalized spacial score (nSPS) is 15.6. The van der Waals surface area contributed by atoms with Gasteiger partial charge < -0.3 is 4.57 Å². The lowest BCUT2D eigenvalue weighted by atomic mass is 9.98. The molecule has 0 N–H and O–H groups in total. The molecule has 0 amide bonds. The second kappa shape index (κ2) is 5.84. The predicted molar refractivity (Wildman–Crippen MR) is 64.5 cm³/mol. The molecule has 0 aliphatic heterocycles. The van der Waals surface area contributed by atoms with E-state index in [1.165, 1.54) is 0 Å². The van der Waals surface area contributed by atoms with Gasteiger partial charge in [0.25, 0.3) is 0 Å². The zero-order valence-corrected chi connectivity index (χ0v) is 11.4. The van der Waals surface area contributed by atoms with Gasteiger partial charge in [-0.05, 0) is 18.5 Å². The Morgan fingerprint density at radius 1 is 1.23 bits per heavy atom. The molecule has 1 nitrogen and oxygen atoms in total. The maximum atomic E-state index is 6.33. The third-order valence-corrected chi connectivity index (χ3v) is 5.12. The molecule has 0 bridgehead atoms. The van der Waals surface area contributed by atoms with E-state index in [9.17, 15) is 0 Å². The molecule has 0 saturated heterocycles. The molecule has 0 aliphatic rings. The number of halogens is 1. The molecular formula is C10H22ClNSi. The van der Waals surface area contributed by atoms with Crippen LogP contribution in [0.3, 0.4) is 0 Å². The lowest BCUT2D eigenvalue weighted by Crippen LogP contribution is -2.33. The van der Waals surface area contributed by atoms with E-state index < -0.39 is 8.27 Å². The quantitative estimate of drug-likeness (QED) is 0.519. The van der Waals surface area contributed by atoms with Gasteiger partial charge in [0.05, 0.1) is 0 Å². The first kappa shape index (κ1) is 13.2. The fourth-order valence-electron chi connectivity index (χ4n) is 1.06. The molecule has 0 rings (SSSR count). The Hall–Kier alpha value is 0.207. The van der Waals surface area contributed by atoms with E-state index >= 15 is 0 Å². The summed E-state index contributed by atoms with van der Waals surface area (Å²) >= 11 is 6.33. The summed E-state index contributed by atoms with van der Waals surface area (Å²) in [6, 6.07) is 0. The van der Waals surface area contributed by atoms with Gasteiger partial charge in [0.2, 0.25) is 8.27 Å². The Balaban J connectivity index is 4.12. The van der Waals surface area contributed by atoms with Crippen LogP contribution < -0.4 is 0 Å². The van der Waals surface area contributed by atoms with E-state index in [0.29, 0.717) is 0 Å². The molecule has 0 aromatic heterocycles. The fourth-order valence-corrected chi connectivity index (χ4v) is 3.79. The second-order valence-corrected chi connectivity index (χ2v) is 7.52. The van der Waals surface area contributed by atoms with E-state index in [2.05, 4.69) is 51.0 Å². The van der Waals surface area contributed by atoms with Crippen LogP contribution >= 0.6 is 11.1 Å². The van der Waals surface area contributed by atoms with Crippen LogP contribution in [0.25, 0.3) is 0 Å². The smallest absolute Gasteiger partial charge is 0.237 e. The van der Waals surface area contributed by atoms with Gasteiger partial charge in [0, 0.05) is 0 Å². The summed E-state index contributed by atoms with van der Waals surface area (Å²) < 4.78 is 2.35. The third kappa shape index (κ3) is 6.30. The maximum Gasteiger partial charge on any atom is 0.237 e. The summed E-state index contributed by atoms with van der Waals surface area (Å²) in [5.41, 5.74) is 2.47. The lowest BCUT2D eigenvalue weighted by molar-refractivity contribution is 0.492. The largest absolute Gasteiger partial charge is 0.312 e. The molecule has 0 aliphatic carbocycles. The third-order valence-electron chi connectivity index (χ3n) is 1.92. The lowest BCUT2D eigenvalue weighted by Gasteiger charge is -2.21. The van der Waals surface area contributed by atoms with Crippen molar-refractivity contribution in [2.45, 2.75) is 34.6 Å². The van der Waals surface area contributed by atoms with Crippen LogP contribution in [-0.4, -0.2) is 25.9 Å². The Morgan fingerprint density at radius 2 is 1.69 bits per heavy atom. The van der Waals surface area contributed by atoms with Crippen LogP contribution in [0.4, 0.5) is 0 Å². The van der Waals surface area contributed by atoms with Gasteiger partial charge in [-0.15, -0.1) is 11.1 Å². The highest BCUT2D eigenvalue weighted by molar-refractivity contribution is 7.08. The number of rotatable bonds is 4. The first-order valence-corrected chi connectivity index (χ1v) is 7.91. The Bertz CT molecular complexity index is 159. The highest BCUT2D eigenvalue weighted by Crippen LogP contribution is 2.15. The van der Waals surface area contributed by atoms with E-state index in [1.807, 2.05) is 0 Å². The molecule has 1 atom stereocenters. The summed E-state index contributed by atoms with van der Waals surface area (Å²) in [5.74, 6) is 0. The monoisotopic (exact) mass is 219 g/mol. The van der Waals surface area contributed by atoms with Crippen molar-refractivity contribution in [3.05, 3.63) is 11.8 Å². The van der Waals surface area contributed by atoms with Crippen molar-refractivity contribution in [3.8, 4) is 0 Å². The maximum absolute atomic E-state index is 6.33. The molecule has 0 saturated carbocycles. The van der Waals surface area contributed by atoms with Gasteiger partial charge in [-0.25, -0.2) is 0 Å². The van der Waals surface area contributed by atoms with Crippen molar-refractivity contribution in [2.75, 3.05) is 13.1 Å². The van der Waals surface area contributed by atoms with Gasteiger partial charge in [-0.2, -0.15) is 0 Å². The van der Waals surface area contributed by atoms with Crippen LogP contribution in [0.15, 0.2) is 11.8 Å². The van der Waals surface area contributed by atoms with E-state index in [1.54, 1.807) is 0 Å². The SMILES string of the molecule is CCN(CC)[SiH](Cl)C=CC(C)(C)C. The zero-order chi connectivity index (χ0) is 10.5. The summed E-state index contributed by atoms with van der Waals surface area (Å²) in [5, 5.41) is 0. The minimum atomic E-state index is -1.29. The van der Waals surface area contributed by atoms with Crippen molar-refractivity contribution in [2.24, 2.45) is 5.41 Å². The van der Waals surface area contributed by atoms with Gasteiger partial charge in [0.1, 0.15) is 0 Å². The highest BCUT2D eigenvalue weighted by Gasteiger charge is 2.12. The molecule has 0 aromatic carbocycles. The average Bonchev–Trinajstić information content (AvgIpc) is 2.02. The Kier molecular flexibility index (Phi) is 5.93. The summed E-state index contributed by atoms with van der Waals surface area (Å²) in [6.07, 6.45) is 2.23. The Labute approximate surface area is 89.2 Å². The van der Waals surface area contributed by atoms with Crippen molar-refractivity contribution >= 4 is 19.3 Å². The average molecular weight is 220 g/mol. The van der Waals surface area contributed by atoms with Crippen LogP contribution in [-0.2, 0) is 0 Å². The molecular weight excluding hydrogens is 198 g/mol. The van der Waals surface area contributed by atoms with Crippen LogP contribution in [0, 0.1) is 5.41 Å². The van der Waals surface area contributed by atoms with Crippen LogP contribution in [0.1, 0.15) is 34.6 Å². The molecule has 78 valence electrons. The Morgan fingerprint density at radius 3 is 2.00 bits per heavy atom. The van der Waals surface area contributed by atoms with Crippen molar-refractivity contribution in [1.29, 1.82) is 0 Å². The van der Waals surface area contributed by atoms with Gasteiger partial charge in [0.15, 0.2) is 0 Å². The van der Waals surface area contributed by atoms with Gasteiger partial charge >= 0.3 is 0 Å². The minimum Gasteiger partial charge on any atom is -0.312 e. The van der Waals surface area contributed by atoms with Crippen molar-refractivity contribution in [3.63, 3.8) is 0 Å². The molecule has 1 unspecified atom stereocenters. The second-order valence-electron chi connectivity index (χ2n) is 4.32. The van der Waals surface area contributed by atoms with Gasteiger partial charge in [-0.3, -0.25) is 0 Å². The molecule has 13 heavy (non-hydrogen) atoms. The topological polar surface area (TPSA) is 3.24 Å². The van der Waals surface area contributed by atoms with Crippen LogP contribution in [0.2, 0.25) is 0 Å². The first-order chi connectivity index (χ1) is 5.90. The standard InChI is InChI=1S/C10H22ClNSi/c1-6-12(7-2)13(11)9-8-10(3,4)5/h8-9,13H,6-7H2,1-5H3. The molecule has 0 heterocycles. The van der Waals surface area contributed by atoms with E-state index in [4.69, 9.17) is 11.1 Å². The molecule has 0 aromatic rings. The van der Waals surface area contributed by atoms with Crippen LogP contribution in [0.5, 0.6) is 0 Å². The molecule has 3 heteroatoms. The highest BCUT2D eigenvalue weighted by atomic mass is 35.6. The number of allylic oxidation sites excluding steroid dienone is 1. The first-order valence-electron chi connectivity index (χ1n) is 4.98. The predicted octanol–water partition coefficient (Wildman–Crippen LogP) is 2.93. The number of hydrogen-bond donors (Lipinski definition) is 0. The molecule has 0 fully saturated rings. The van der Waals surface area contributed by atoms with Gasteiger partial charge in [-0.1, -0.05) is 46.4 Å². The van der Waals surface area contributed by atoms with E-state index in [-0.39, 0.29) is 5.41 Å². The number of hydrogen-bond acceptors (Lipinski definition) is 1. The summed E-state index contributed by atoms with van der Waals surface area (Å²) in [4.78, 5) is 0. The summed E-state index contributed by atoms with van der Waals surface area (Å²) in [7, 11) is -1.29. The summed E-state index contributed by atoms with van der Waals surface area (Å²) in [6.45, 7) is 13.0. The minimum absolute atomic E-state index is 0.257.